The molecular weight excluding hydrogens is 253 g/mol. The molecule has 3 rings (SSSR count). The molecule has 0 aromatic heterocycles. The first kappa shape index (κ1) is 13.8. The van der Waals surface area contributed by atoms with Crippen LogP contribution in [0.1, 0.15) is 17.5 Å². The van der Waals surface area contributed by atoms with Crippen LogP contribution in [0.2, 0.25) is 6.82 Å². The highest BCUT2D eigenvalue weighted by Gasteiger charge is 2.17. The molecule has 1 N–H and O–H groups in total. The van der Waals surface area contributed by atoms with Crippen LogP contribution in [-0.2, 0) is 6.42 Å². The molecule has 0 saturated heterocycles. The van der Waals surface area contributed by atoms with E-state index in [0.29, 0.717) is 6.85 Å². The molecular formula is C19H20BN. The van der Waals surface area contributed by atoms with Crippen LogP contribution in [0.4, 0.5) is 5.69 Å². The number of aryl methyl sites for hydroxylation is 1. The summed E-state index contributed by atoms with van der Waals surface area (Å²) in [6.45, 7) is 2.58. The molecule has 104 valence electrons. The maximum atomic E-state index is 3.55. The lowest BCUT2D eigenvalue weighted by molar-refractivity contribution is 1.00. The van der Waals surface area contributed by atoms with Crippen LogP contribution in [0.25, 0.3) is 6.08 Å². The monoisotopic (exact) mass is 273 g/mol. The highest BCUT2D eigenvalue weighted by atomic mass is 14.8. The van der Waals surface area contributed by atoms with Gasteiger partial charge in [-0.3, -0.25) is 0 Å². The molecule has 1 heterocycles. The van der Waals surface area contributed by atoms with Crippen molar-refractivity contribution in [2.24, 2.45) is 0 Å². The van der Waals surface area contributed by atoms with E-state index in [9.17, 15) is 0 Å². The number of allylic oxidation sites excluding steroid dienone is 3. The number of hydrogen-bond acceptors (Lipinski definition) is 1. The van der Waals surface area contributed by atoms with Crippen LogP contribution in [0.15, 0.2) is 72.2 Å². The Morgan fingerprint density at radius 2 is 1.76 bits per heavy atom. The fourth-order valence-electron chi connectivity index (χ4n) is 2.68. The number of fused-ring (bicyclic) bond motifs is 1. The van der Waals surface area contributed by atoms with Gasteiger partial charge in [0.05, 0.1) is 0 Å². The first-order valence-corrected chi connectivity index (χ1v) is 7.60. The van der Waals surface area contributed by atoms with Crippen molar-refractivity contribution in [3.8, 4) is 0 Å². The average Bonchev–Trinajstić information content (AvgIpc) is 2.53. The highest BCUT2D eigenvalue weighted by Crippen LogP contribution is 2.25. The lowest BCUT2D eigenvalue weighted by atomic mass is 9.55. The van der Waals surface area contributed by atoms with Gasteiger partial charge in [-0.15, -0.1) is 0 Å². The Kier molecular flexibility index (Phi) is 4.25. The minimum atomic E-state index is 0.368. The zero-order valence-corrected chi connectivity index (χ0v) is 12.4. The van der Waals surface area contributed by atoms with E-state index in [-0.39, 0.29) is 0 Å². The van der Waals surface area contributed by atoms with Crippen LogP contribution in [0.5, 0.6) is 0 Å². The Balaban J connectivity index is 1.64. The van der Waals surface area contributed by atoms with Crippen molar-refractivity contribution in [1.29, 1.82) is 0 Å². The number of nitrogens with one attached hydrogen (secondary N) is 1. The third kappa shape index (κ3) is 3.46. The normalized spacial score (nSPS) is 13.8. The second-order valence-electron chi connectivity index (χ2n) is 5.52. The molecule has 0 amide bonds. The first-order chi connectivity index (χ1) is 10.3. The smallest absolute Gasteiger partial charge is 0.282 e. The largest absolute Gasteiger partial charge is 0.424 e. The van der Waals surface area contributed by atoms with E-state index in [4.69, 9.17) is 0 Å². The molecule has 2 heteroatoms. The maximum Gasteiger partial charge on any atom is 0.282 e. The fourth-order valence-corrected chi connectivity index (χ4v) is 2.68. The molecule has 0 aliphatic carbocycles. The van der Waals surface area contributed by atoms with E-state index in [1.54, 1.807) is 0 Å². The van der Waals surface area contributed by atoms with Gasteiger partial charge in [0.1, 0.15) is 0 Å². The van der Waals surface area contributed by atoms with E-state index < -0.39 is 0 Å². The summed E-state index contributed by atoms with van der Waals surface area (Å²) in [4.78, 5) is 0. The van der Waals surface area contributed by atoms with Crippen LogP contribution < -0.4 is 5.23 Å². The van der Waals surface area contributed by atoms with E-state index in [1.807, 2.05) is 0 Å². The third-order valence-electron chi connectivity index (χ3n) is 3.91. The van der Waals surface area contributed by atoms with E-state index in [2.05, 4.69) is 84.9 Å². The molecule has 1 nitrogen and oxygen atoms in total. The molecule has 0 fully saturated rings. The van der Waals surface area contributed by atoms with Gasteiger partial charge in [0.25, 0.3) is 6.85 Å². The summed E-state index contributed by atoms with van der Waals surface area (Å²) in [5, 5.41) is 3.55. The summed E-state index contributed by atoms with van der Waals surface area (Å²) in [6.07, 6.45) is 9.01. The summed E-state index contributed by atoms with van der Waals surface area (Å²) in [5.74, 6) is 0. The van der Waals surface area contributed by atoms with Gasteiger partial charge in [-0.05, 0) is 30.0 Å². The van der Waals surface area contributed by atoms with Crippen molar-refractivity contribution in [3.05, 3.63) is 83.3 Å². The topological polar surface area (TPSA) is 12.0 Å². The molecule has 2 aromatic rings. The maximum absolute atomic E-state index is 3.55. The van der Waals surface area contributed by atoms with E-state index >= 15 is 0 Å². The molecule has 0 unspecified atom stereocenters. The van der Waals surface area contributed by atoms with Crippen LogP contribution in [0, 0.1) is 0 Å². The summed E-state index contributed by atoms with van der Waals surface area (Å²) < 4.78 is 0. The van der Waals surface area contributed by atoms with Crippen molar-refractivity contribution < 1.29 is 0 Å². The van der Waals surface area contributed by atoms with Gasteiger partial charge in [0.15, 0.2) is 0 Å². The summed E-state index contributed by atoms with van der Waals surface area (Å²) in [6, 6.07) is 19.1. The van der Waals surface area contributed by atoms with Crippen LogP contribution in [-0.4, -0.2) is 6.85 Å². The summed E-state index contributed by atoms with van der Waals surface area (Å²) >= 11 is 0. The number of hydrogen-bond donors (Lipinski definition) is 1. The second kappa shape index (κ2) is 6.49. The number of anilines is 1. The molecule has 1 aliphatic heterocycles. The van der Waals surface area contributed by atoms with Gasteiger partial charge in [0.2, 0.25) is 0 Å². The van der Waals surface area contributed by atoms with Crippen molar-refractivity contribution in [1.82, 2.24) is 0 Å². The van der Waals surface area contributed by atoms with Crippen LogP contribution >= 0.6 is 0 Å². The van der Waals surface area contributed by atoms with Gasteiger partial charge in [-0.25, -0.2) is 0 Å². The fraction of sp³-hybridized carbons (Fsp3) is 0.158. The Morgan fingerprint density at radius 3 is 2.62 bits per heavy atom. The number of benzene rings is 2. The number of para-hydroxylation sites is 1. The third-order valence-corrected chi connectivity index (χ3v) is 3.91. The second-order valence-corrected chi connectivity index (χ2v) is 5.52. The SMILES string of the molecule is CB1Nc2ccccc2C=C1/C=C/CCc1ccccc1. The van der Waals surface area contributed by atoms with Crippen molar-refractivity contribution >= 4 is 18.6 Å². The van der Waals surface area contributed by atoms with Crippen LogP contribution in [0.3, 0.4) is 0 Å². The first-order valence-electron chi connectivity index (χ1n) is 7.60. The van der Waals surface area contributed by atoms with Gasteiger partial charge >= 0.3 is 0 Å². The highest BCUT2D eigenvalue weighted by molar-refractivity contribution is 6.71. The Bertz CT molecular complexity index is 658. The van der Waals surface area contributed by atoms with Gasteiger partial charge in [-0.1, -0.05) is 79.1 Å². The molecule has 0 atom stereocenters. The molecule has 1 aliphatic rings. The molecule has 0 spiro atoms. The predicted octanol–water partition coefficient (Wildman–Crippen LogP) is 4.85. The molecule has 0 radical (unpaired) electrons. The van der Waals surface area contributed by atoms with Gasteiger partial charge < -0.3 is 5.23 Å². The minimum absolute atomic E-state index is 0.368. The molecule has 2 aromatic carbocycles. The Labute approximate surface area is 127 Å². The van der Waals surface area contributed by atoms with Gasteiger partial charge in [-0.2, -0.15) is 0 Å². The molecule has 0 bridgehead atoms. The lowest BCUT2D eigenvalue weighted by Gasteiger charge is -2.21. The van der Waals surface area contributed by atoms with Crippen molar-refractivity contribution in [2.75, 3.05) is 5.23 Å². The van der Waals surface area contributed by atoms with Crippen molar-refractivity contribution in [2.45, 2.75) is 19.7 Å². The standard InChI is InChI=1S/C19H20BN/c1-20-18(15-17-12-6-8-14-19(17)21-20)13-7-5-11-16-9-3-2-4-10-16/h2-4,6-10,12-15,21H,5,11H2,1H3/b13-7+. The Hall–Kier alpha value is -2.22. The van der Waals surface area contributed by atoms with Crippen molar-refractivity contribution in [3.63, 3.8) is 0 Å². The zero-order valence-electron chi connectivity index (χ0n) is 12.4. The molecule has 0 saturated carbocycles. The average molecular weight is 273 g/mol. The lowest BCUT2D eigenvalue weighted by Crippen LogP contribution is -2.26. The quantitative estimate of drug-likeness (QED) is 0.785. The van der Waals surface area contributed by atoms with E-state index in [1.165, 1.54) is 22.3 Å². The van der Waals surface area contributed by atoms with E-state index in [0.717, 1.165) is 12.8 Å². The predicted molar refractivity (Wildman–Crippen MR) is 93.6 cm³/mol. The summed E-state index contributed by atoms with van der Waals surface area (Å²) in [5.41, 5.74) is 5.25. The number of rotatable bonds is 4. The zero-order chi connectivity index (χ0) is 14.5. The Morgan fingerprint density at radius 1 is 1.00 bits per heavy atom. The van der Waals surface area contributed by atoms with Gasteiger partial charge in [0, 0.05) is 5.69 Å². The minimum Gasteiger partial charge on any atom is -0.424 e. The molecule has 21 heavy (non-hydrogen) atoms. The summed E-state index contributed by atoms with van der Waals surface area (Å²) in [7, 11) is 0.